The van der Waals surface area contributed by atoms with Gasteiger partial charge in [0, 0.05) is 49.5 Å². The van der Waals surface area contributed by atoms with Crippen molar-refractivity contribution < 1.29 is 38.6 Å². The Hall–Kier alpha value is -4.44. The second-order valence-electron chi connectivity index (χ2n) is 11.5. The minimum absolute atomic E-state index is 0.0509. The van der Waals surface area contributed by atoms with Gasteiger partial charge < -0.3 is 44.0 Å². The van der Waals surface area contributed by atoms with E-state index in [2.05, 4.69) is 55.6 Å². The fourth-order valence-corrected chi connectivity index (χ4v) is 5.80. The Morgan fingerprint density at radius 2 is 1.04 bits per heavy atom. The van der Waals surface area contributed by atoms with Crippen LogP contribution >= 0.6 is 0 Å². The maximum atomic E-state index is 9.19. The van der Waals surface area contributed by atoms with Crippen molar-refractivity contribution in [2.45, 2.75) is 52.9 Å². The van der Waals surface area contributed by atoms with Crippen molar-refractivity contribution >= 4 is 0 Å². The normalized spacial score (nSPS) is 10.9. The molecule has 9 nitrogen and oxygen atoms in total. The summed E-state index contributed by atoms with van der Waals surface area (Å²) in [6.07, 6.45) is 2.30. The summed E-state index contributed by atoms with van der Waals surface area (Å²) in [6.45, 7) is 6.18. The molecule has 0 amide bonds. The number of unbranched alkanes of at least 4 members (excludes halogenated alkanes) is 1. The summed E-state index contributed by atoms with van der Waals surface area (Å²) in [7, 11) is 6.53. The zero-order valence-corrected chi connectivity index (χ0v) is 29.0. The van der Waals surface area contributed by atoms with Gasteiger partial charge in [0.25, 0.3) is 0 Å². The molecular formula is C39H49NO8. The minimum atomic E-state index is 0.0509. The number of benzene rings is 4. The quantitative estimate of drug-likeness (QED) is 0.0965. The van der Waals surface area contributed by atoms with Gasteiger partial charge in [-0.2, -0.15) is 0 Å². The smallest absolute Gasteiger partial charge is 0.130 e. The number of aliphatic hydroxyl groups is 2. The summed E-state index contributed by atoms with van der Waals surface area (Å²) in [4.78, 5) is 0. The van der Waals surface area contributed by atoms with Crippen LogP contribution in [-0.4, -0.2) is 58.4 Å². The number of hydrogen-bond acceptors (Lipinski definition) is 9. The van der Waals surface area contributed by atoms with Crippen molar-refractivity contribution in [2.24, 2.45) is 0 Å². The van der Waals surface area contributed by atoms with Crippen molar-refractivity contribution in [3.63, 3.8) is 0 Å². The van der Waals surface area contributed by atoms with Gasteiger partial charge >= 0.3 is 0 Å². The van der Waals surface area contributed by atoms with Gasteiger partial charge in [0.15, 0.2) is 0 Å². The van der Waals surface area contributed by atoms with E-state index in [9.17, 15) is 5.11 Å². The molecule has 0 radical (unpaired) electrons. The Labute approximate surface area is 284 Å². The van der Waals surface area contributed by atoms with Gasteiger partial charge in [0.2, 0.25) is 0 Å². The number of rotatable bonds is 19. The Morgan fingerprint density at radius 1 is 0.583 bits per heavy atom. The van der Waals surface area contributed by atoms with Gasteiger partial charge in [0.1, 0.15) is 47.7 Å². The Bertz CT molecular complexity index is 1470. The van der Waals surface area contributed by atoms with Crippen LogP contribution in [-0.2, 0) is 26.2 Å². The lowest BCUT2D eigenvalue weighted by molar-refractivity contribution is 0.283. The lowest BCUT2D eigenvalue weighted by Gasteiger charge is -2.19. The second kappa shape index (κ2) is 18.2. The van der Waals surface area contributed by atoms with Crippen molar-refractivity contribution in [1.29, 1.82) is 0 Å². The van der Waals surface area contributed by atoms with E-state index in [4.69, 9.17) is 33.5 Å². The third-order valence-electron chi connectivity index (χ3n) is 8.56. The van der Waals surface area contributed by atoms with E-state index in [-0.39, 0.29) is 13.2 Å². The zero-order valence-electron chi connectivity index (χ0n) is 29.0. The number of aliphatic hydroxyl groups excluding tert-OH is 2. The van der Waals surface area contributed by atoms with Crippen LogP contribution in [0.15, 0.2) is 60.7 Å². The maximum Gasteiger partial charge on any atom is 0.130 e. The summed E-state index contributed by atoms with van der Waals surface area (Å²) in [5, 5.41) is 21.5. The third kappa shape index (κ3) is 8.92. The molecule has 4 aromatic rings. The molecule has 4 aromatic carbocycles. The number of methoxy groups -OCH3 is 4. The largest absolute Gasteiger partial charge is 0.496 e. The van der Waals surface area contributed by atoms with E-state index in [0.717, 1.165) is 63.8 Å². The summed E-state index contributed by atoms with van der Waals surface area (Å²) in [5.74, 6) is 4.04. The molecular weight excluding hydrogens is 610 g/mol. The molecule has 0 saturated carbocycles. The Morgan fingerprint density at radius 3 is 1.46 bits per heavy atom. The van der Waals surface area contributed by atoms with Crippen LogP contribution in [0.4, 0.5) is 0 Å². The topological polar surface area (TPSA) is 108 Å². The first-order chi connectivity index (χ1) is 23.4. The predicted octanol–water partition coefficient (Wildman–Crippen LogP) is 6.56. The molecule has 258 valence electrons. The van der Waals surface area contributed by atoms with E-state index in [1.54, 1.807) is 28.4 Å². The minimum Gasteiger partial charge on any atom is -0.496 e. The fraction of sp³-hybridized carbons (Fsp3) is 0.385. The molecule has 0 saturated heterocycles. The average Bonchev–Trinajstić information content (AvgIpc) is 3.11. The standard InChI is InChI=1S/C39H49NO8/c1-26-28(24-47-30-19-36(43-3)34(13-7-8-17-41)37(20-30)44-4)11-9-14-32(26)33-15-10-12-29(27(33)2)25-48-31-21-38(45-5)35(23-40-16-18-42)39(22-31)46-6/h9-12,14-15,19-22,40-42H,7-8,13,16-18,23-25H2,1-6H3. The van der Waals surface area contributed by atoms with E-state index in [0.29, 0.717) is 60.8 Å². The van der Waals surface area contributed by atoms with E-state index >= 15 is 0 Å². The van der Waals surface area contributed by atoms with Gasteiger partial charge in [-0.3, -0.25) is 0 Å². The predicted molar refractivity (Wildman–Crippen MR) is 188 cm³/mol. The van der Waals surface area contributed by atoms with Gasteiger partial charge in [-0.1, -0.05) is 36.4 Å². The molecule has 0 aliphatic rings. The van der Waals surface area contributed by atoms with E-state index < -0.39 is 0 Å². The molecule has 0 spiro atoms. The van der Waals surface area contributed by atoms with Crippen LogP contribution in [0.1, 0.15) is 46.2 Å². The first kappa shape index (κ1) is 36.4. The monoisotopic (exact) mass is 659 g/mol. The molecule has 0 fully saturated rings. The van der Waals surface area contributed by atoms with Crippen molar-refractivity contribution in [3.05, 3.63) is 94.0 Å². The van der Waals surface area contributed by atoms with Crippen LogP contribution in [0.3, 0.4) is 0 Å². The summed E-state index contributed by atoms with van der Waals surface area (Å²) < 4.78 is 35.2. The van der Waals surface area contributed by atoms with Gasteiger partial charge in [-0.15, -0.1) is 0 Å². The molecule has 0 aromatic heterocycles. The molecule has 0 atom stereocenters. The summed E-state index contributed by atoms with van der Waals surface area (Å²) in [6, 6.07) is 20.1. The van der Waals surface area contributed by atoms with E-state index in [1.807, 2.05) is 24.3 Å². The highest BCUT2D eigenvalue weighted by Gasteiger charge is 2.17. The lowest BCUT2D eigenvalue weighted by atomic mass is 9.92. The summed E-state index contributed by atoms with van der Waals surface area (Å²) >= 11 is 0. The van der Waals surface area contributed by atoms with Crippen LogP contribution in [0.5, 0.6) is 34.5 Å². The van der Waals surface area contributed by atoms with Crippen LogP contribution < -0.4 is 33.7 Å². The molecule has 4 rings (SSSR count). The van der Waals surface area contributed by atoms with Gasteiger partial charge in [-0.05, 0) is 66.5 Å². The van der Waals surface area contributed by atoms with Crippen LogP contribution in [0.25, 0.3) is 11.1 Å². The van der Waals surface area contributed by atoms with Crippen molar-refractivity contribution in [1.82, 2.24) is 5.32 Å². The SMILES string of the molecule is COc1cc(OCc2cccc(-c3cccc(COc4cc(OC)c(CNCCO)c(OC)c4)c3C)c2C)cc(OC)c1CCCCO. The molecule has 0 heterocycles. The maximum absolute atomic E-state index is 9.19. The van der Waals surface area contributed by atoms with Crippen molar-refractivity contribution in [2.75, 3.05) is 48.2 Å². The molecule has 9 heteroatoms. The number of hydrogen-bond donors (Lipinski definition) is 3. The Kier molecular flexibility index (Phi) is 13.8. The average molecular weight is 660 g/mol. The number of nitrogens with one attached hydrogen (secondary N) is 1. The summed E-state index contributed by atoms with van der Waals surface area (Å²) in [5.41, 5.74) is 8.51. The van der Waals surface area contributed by atoms with Crippen LogP contribution in [0, 0.1) is 13.8 Å². The van der Waals surface area contributed by atoms with Gasteiger partial charge in [-0.25, -0.2) is 0 Å². The highest BCUT2D eigenvalue weighted by atomic mass is 16.5. The highest BCUT2D eigenvalue weighted by Crippen LogP contribution is 2.37. The van der Waals surface area contributed by atoms with Crippen molar-refractivity contribution in [3.8, 4) is 45.6 Å². The number of ether oxygens (including phenoxy) is 6. The molecule has 48 heavy (non-hydrogen) atoms. The zero-order chi connectivity index (χ0) is 34.5. The molecule has 0 aliphatic carbocycles. The molecule has 3 N–H and O–H groups in total. The van der Waals surface area contributed by atoms with Gasteiger partial charge in [0.05, 0.1) is 40.6 Å². The first-order valence-electron chi connectivity index (χ1n) is 16.2. The van der Waals surface area contributed by atoms with E-state index in [1.165, 1.54) is 0 Å². The lowest BCUT2D eigenvalue weighted by Crippen LogP contribution is -2.18. The highest BCUT2D eigenvalue weighted by molar-refractivity contribution is 5.72. The molecule has 0 aliphatic heterocycles. The fourth-order valence-electron chi connectivity index (χ4n) is 5.80. The molecule has 0 unspecified atom stereocenters. The first-order valence-corrected chi connectivity index (χ1v) is 16.2. The third-order valence-corrected chi connectivity index (χ3v) is 8.56. The Balaban J connectivity index is 1.52. The second-order valence-corrected chi connectivity index (χ2v) is 11.5. The molecule has 0 bridgehead atoms. The van der Waals surface area contributed by atoms with Crippen LogP contribution in [0.2, 0.25) is 0 Å².